The van der Waals surface area contributed by atoms with Crippen LogP contribution >= 0.6 is 35.3 Å². The van der Waals surface area contributed by atoms with Gasteiger partial charge in [0.05, 0.1) is 5.01 Å². The summed E-state index contributed by atoms with van der Waals surface area (Å²) < 4.78 is 5.30. The molecule has 2 rings (SSSR count). The topological polar surface area (TPSA) is 58.5 Å². The fraction of sp³-hybridized carbons (Fsp3) is 0.765. The van der Waals surface area contributed by atoms with Crippen LogP contribution < -0.4 is 10.6 Å². The Balaban J connectivity index is 0.00000288. The molecule has 1 aromatic rings. The average molecular weight is 466 g/mol. The van der Waals surface area contributed by atoms with Gasteiger partial charge in [-0.15, -0.1) is 35.3 Å². The van der Waals surface area contributed by atoms with Crippen molar-refractivity contribution < 1.29 is 4.74 Å². The lowest BCUT2D eigenvalue weighted by molar-refractivity contribution is 0.138. The summed E-state index contributed by atoms with van der Waals surface area (Å²) in [7, 11) is 3.62. The zero-order chi connectivity index (χ0) is 16.5. The Labute approximate surface area is 167 Å². The summed E-state index contributed by atoms with van der Waals surface area (Å²) in [6.07, 6.45) is 9.26. The molecule has 0 bridgehead atoms. The lowest BCUT2D eigenvalue weighted by atomic mass is 9.83. The van der Waals surface area contributed by atoms with Gasteiger partial charge in [0.25, 0.3) is 0 Å². The minimum Gasteiger partial charge on any atom is -0.385 e. The van der Waals surface area contributed by atoms with Crippen molar-refractivity contribution in [2.24, 2.45) is 10.4 Å². The van der Waals surface area contributed by atoms with E-state index in [-0.39, 0.29) is 24.0 Å². The second-order valence-corrected chi connectivity index (χ2v) is 7.74. The number of guanidine groups is 1. The smallest absolute Gasteiger partial charge is 0.191 e. The van der Waals surface area contributed by atoms with E-state index in [0.717, 1.165) is 38.5 Å². The first kappa shape index (κ1) is 21.6. The first-order valence-electron chi connectivity index (χ1n) is 8.52. The van der Waals surface area contributed by atoms with Crippen molar-refractivity contribution in [3.63, 3.8) is 0 Å². The summed E-state index contributed by atoms with van der Waals surface area (Å²) >= 11 is 1.76. The van der Waals surface area contributed by atoms with E-state index in [2.05, 4.69) is 27.5 Å². The standard InChI is InChI=1S/C17H30N4OS.HI/c1-14-12-20-15(23-14)6-10-19-16(18-2)21-13-17(9-11-22-3)7-4-5-8-17;/h12H,4-11,13H2,1-3H3,(H2,18,19,21);1H. The van der Waals surface area contributed by atoms with Crippen molar-refractivity contribution in [1.29, 1.82) is 0 Å². The van der Waals surface area contributed by atoms with Crippen LogP contribution in [0.1, 0.15) is 42.0 Å². The predicted molar refractivity (Wildman–Crippen MR) is 113 cm³/mol. The molecular weight excluding hydrogens is 435 g/mol. The number of aryl methyl sites for hydroxylation is 1. The Morgan fingerprint density at radius 2 is 2.12 bits per heavy atom. The molecule has 1 fully saturated rings. The monoisotopic (exact) mass is 466 g/mol. The van der Waals surface area contributed by atoms with Gasteiger partial charge in [-0.3, -0.25) is 4.99 Å². The van der Waals surface area contributed by atoms with Gasteiger partial charge in [-0.2, -0.15) is 0 Å². The first-order chi connectivity index (χ1) is 11.2. The number of halogens is 1. The molecule has 0 aromatic carbocycles. The van der Waals surface area contributed by atoms with Gasteiger partial charge in [0.15, 0.2) is 5.96 Å². The Morgan fingerprint density at radius 3 is 2.71 bits per heavy atom. The molecule has 1 aromatic heterocycles. The number of aromatic nitrogens is 1. The van der Waals surface area contributed by atoms with E-state index in [9.17, 15) is 0 Å². The molecule has 24 heavy (non-hydrogen) atoms. The normalized spacial score (nSPS) is 16.7. The summed E-state index contributed by atoms with van der Waals surface area (Å²) in [6, 6.07) is 0. The summed E-state index contributed by atoms with van der Waals surface area (Å²) in [5.74, 6) is 0.891. The number of nitrogens with zero attached hydrogens (tertiary/aromatic N) is 2. The number of hydrogen-bond donors (Lipinski definition) is 2. The van der Waals surface area contributed by atoms with Crippen LogP contribution in [0.25, 0.3) is 0 Å². The largest absolute Gasteiger partial charge is 0.385 e. The maximum absolute atomic E-state index is 5.30. The highest BCUT2D eigenvalue weighted by Crippen LogP contribution is 2.40. The second kappa shape index (κ2) is 11.3. The van der Waals surface area contributed by atoms with Crippen molar-refractivity contribution in [1.82, 2.24) is 15.6 Å². The quantitative estimate of drug-likeness (QED) is 0.351. The van der Waals surface area contributed by atoms with Gasteiger partial charge < -0.3 is 15.4 Å². The molecule has 0 amide bonds. The maximum Gasteiger partial charge on any atom is 0.191 e. The molecule has 0 saturated heterocycles. The molecule has 2 N–H and O–H groups in total. The van der Waals surface area contributed by atoms with Crippen molar-refractivity contribution in [3.05, 3.63) is 16.1 Å². The van der Waals surface area contributed by atoms with Crippen LogP contribution in [0.15, 0.2) is 11.2 Å². The minimum absolute atomic E-state index is 0. The molecule has 1 saturated carbocycles. The summed E-state index contributed by atoms with van der Waals surface area (Å²) in [4.78, 5) is 10.0. The van der Waals surface area contributed by atoms with Gasteiger partial charge in [0, 0.05) is 51.3 Å². The highest BCUT2D eigenvalue weighted by atomic mass is 127. The third kappa shape index (κ3) is 6.84. The Hall–Kier alpha value is -0.410. The average Bonchev–Trinajstić information content (AvgIpc) is 3.18. The Bertz CT molecular complexity index is 501. The van der Waals surface area contributed by atoms with E-state index < -0.39 is 0 Å². The highest BCUT2D eigenvalue weighted by Gasteiger charge is 2.33. The molecule has 0 aliphatic heterocycles. The lowest BCUT2D eigenvalue weighted by Crippen LogP contribution is -2.43. The van der Waals surface area contributed by atoms with Crippen LogP contribution in [0.5, 0.6) is 0 Å². The van der Waals surface area contributed by atoms with Crippen LogP contribution in [0.3, 0.4) is 0 Å². The number of rotatable bonds is 8. The van der Waals surface area contributed by atoms with Crippen LogP contribution in [0, 0.1) is 12.3 Å². The second-order valence-electron chi connectivity index (χ2n) is 6.42. The van der Waals surface area contributed by atoms with Gasteiger partial charge in [-0.1, -0.05) is 12.8 Å². The van der Waals surface area contributed by atoms with Crippen LogP contribution in [0.4, 0.5) is 0 Å². The molecule has 1 aliphatic carbocycles. The van der Waals surface area contributed by atoms with Gasteiger partial charge in [0.2, 0.25) is 0 Å². The van der Waals surface area contributed by atoms with E-state index >= 15 is 0 Å². The van der Waals surface area contributed by atoms with Crippen molar-refractivity contribution in [3.8, 4) is 0 Å². The van der Waals surface area contributed by atoms with E-state index in [0.29, 0.717) is 5.41 Å². The van der Waals surface area contributed by atoms with Crippen molar-refractivity contribution in [2.45, 2.75) is 45.4 Å². The molecule has 7 heteroatoms. The van der Waals surface area contributed by atoms with Crippen molar-refractivity contribution in [2.75, 3.05) is 33.9 Å². The SMILES string of the molecule is CN=C(NCCc1ncc(C)s1)NCC1(CCOC)CCCC1.I. The Morgan fingerprint density at radius 1 is 1.38 bits per heavy atom. The third-order valence-electron chi connectivity index (χ3n) is 4.66. The van der Waals surface area contributed by atoms with Crippen LogP contribution in [-0.2, 0) is 11.2 Å². The van der Waals surface area contributed by atoms with Gasteiger partial charge in [-0.05, 0) is 31.6 Å². The Kier molecular flexibility index (Phi) is 10.1. The zero-order valence-corrected chi connectivity index (χ0v) is 18.2. The summed E-state index contributed by atoms with van der Waals surface area (Å²) in [5, 5.41) is 8.10. The number of hydrogen-bond acceptors (Lipinski definition) is 4. The lowest BCUT2D eigenvalue weighted by Gasteiger charge is -2.29. The molecule has 0 atom stereocenters. The van der Waals surface area contributed by atoms with E-state index in [1.54, 1.807) is 18.4 Å². The van der Waals surface area contributed by atoms with Gasteiger partial charge in [0.1, 0.15) is 0 Å². The van der Waals surface area contributed by atoms with E-state index in [4.69, 9.17) is 4.74 Å². The molecule has 1 heterocycles. The highest BCUT2D eigenvalue weighted by molar-refractivity contribution is 14.0. The predicted octanol–water partition coefficient (Wildman–Crippen LogP) is 3.37. The molecular formula is C17H31IN4OS. The maximum atomic E-state index is 5.30. The van der Waals surface area contributed by atoms with E-state index in [1.807, 2.05) is 13.2 Å². The molecule has 138 valence electrons. The summed E-state index contributed by atoms with van der Waals surface area (Å²) in [5.41, 5.74) is 0.375. The minimum atomic E-state index is 0. The van der Waals surface area contributed by atoms with Crippen LogP contribution in [-0.4, -0.2) is 44.8 Å². The van der Waals surface area contributed by atoms with Crippen molar-refractivity contribution >= 4 is 41.3 Å². The number of methoxy groups -OCH3 is 1. The van der Waals surface area contributed by atoms with Gasteiger partial charge >= 0.3 is 0 Å². The fourth-order valence-electron chi connectivity index (χ4n) is 3.26. The zero-order valence-electron chi connectivity index (χ0n) is 15.1. The third-order valence-corrected chi connectivity index (χ3v) is 5.63. The number of aliphatic imine (C=N–C) groups is 1. The molecule has 0 spiro atoms. The van der Waals surface area contributed by atoms with Crippen LogP contribution in [0.2, 0.25) is 0 Å². The molecule has 5 nitrogen and oxygen atoms in total. The van der Waals surface area contributed by atoms with Gasteiger partial charge in [-0.25, -0.2) is 4.98 Å². The fourth-order valence-corrected chi connectivity index (χ4v) is 4.04. The number of thiazole rings is 1. The molecule has 0 radical (unpaired) electrons. The number of ether oxygens (including phenoxy) is 1. The first-order valence-corrected chi connectivity index (χ1v) is 9.34. The van der Waals surface area contributed by atoms with E-state index in [1.165, 1.54) is 35.6 Å². The summed E-state index contributed by atoms with van der Waals surface area (Å²) in [6.45, 7) is 4.78. The number of nitrogens with one attached hydrogen (secondary N) is 2. The molecule has 1 aliphatic rings. The molecule has 0 unspecified atom stereocenters.